The number of aromatic carboxylic acids is 1. The molecule has 1 atom stereocenters. The number of carboxylic acid groups (broad SMARTS) is 1. The fourth-order valence-corrected chi connectivity index (χ4v) is 2.74. The average Bonchev–Trinajstić information content (AvgIpc) is 3.46. The van der Waals surface area contributed by atoms with E-state index in [-0.39, 0.29) is 30.5 Å². The van der Waals surface area contributed by atoms with Gasteiger partial charge in [0.2, 0.25) is 11.7 Å². The molecule has 3 aromatic rings. The quantitative estimate of drug-likeness (QED) is 0.268. The van der Waals surface area contributed by atoms with Gasteiger partial charge in [-0.05, 0) is 48.9 Å². The minimum absolute atomic E-state index is 0.0764. The van der Waals surface area contributed by atoms with Gasteiger partial charge in [-0.2, -0.15) is 10.2 Å². The Kier molecular flexibility index (Phi) is 7.18. The molecule has 1 amide bonds. The zero-order chi connectivity index (χ0) is 24.0. The summed E-state index contributed by atoms with van der Waals surface area (Å²) in [4.78, 5) is 33.3. The maximum absolute atomic E-state index is 12.3. The molecule has 0 aliphatic carbocycles. The Bertz CT molecular complexity index is 1180. The van der Waals surface area contributed by atoms with Crippen LogP contribution in [0, 0.1) is 16.0 Å². The van der Waals surface area contributed by atoms with Gasteiger partial charge in [-0.15, -0.1) is 0 Å². The van der Waals surface area contributed by atoms with Gasteiger partial charge in [0.15, 0.2) is 0 Å². The van der Waals surface area contributed by atoms with Crippen LogP contribution in [0.15, 0.2) is 58.3 Å². The number of hydrogen-bond acceptors (Lipinski definition) is 8. The number of carbonyl (C=O) groups is 2. The topological polar surface area (TPSA) is 162 Å². The third-order valence-corrected chi connectivity index (χ3v) is 4.60. The van der Waals surface area contributed by atoms with Crippen LogP contribution in [0.2, 0.25) is 0 Å². The standard InChI is InChI=1S/C21H21N5O7/c1-13(10-25-11-16(9-22-25)26(30)31)20(27)24-23-14(2)15-3-5-17(6-4-15)32-12-18-7-8-19(33-18)21(28)29/h3-9,11,13H,10,12H2,1-2H3,(H,24,27)(H,28,29)/b23-14+/t13-/m1/s1. The predicted octanol–water partition coefficient (Wildman–Crippen LogP) is 2.84. The number of aromatic nitrogens is 2. The molecular weight excluding hydrogens is 434 g/mol. The molecule has 0 fully saturated rings. The number of carbonyl (C=O) groups excluding carboxylic acids is 1. The van der Waals surface area contributed by atoms with Crippen LogP contribution in [-0.4, -0.2) is 37.4 Å². The van der Waals surface area contributed by atoms with Crippen molar-refractivity contribution in [3.63, 3.8) is 0 Å². The number of nitrogens with zero attached hydrogens (tertiary/aromatic N) is 4. The number of nitro groups is 1. The molecule has 0 unspecified atom stereocenters. The molecule has 2 N–H and O–H groups in total. The van der Waals surface area contributed by atoms with Crippen LogP contribution in [0.25, 0.3) is 0 Å². The van der Waals surface area contributed by atoms with Crippen molar-refractivity contribution in [2.75, 3.05) is 0 Å². The van der Waals surface area contributed by atoms with Crippen LogP contribution >= 0.6 is 0 Å². The Morgan fingerprint density at radius 3 is 2.64 bits per heavy atom. The summed E-state index contributed by atoms with van der Waals surface area (Å²) in [5, 5.41) is 27.5. The third-order valence-electron chi connectivity index (χ3n) is 4.60. The molecular formula is C21H21N5O7. The first-order chi connectivity index (χ1) is 15.7. The normalized spacial score (nSPS) is 12.2. The molecule has 0 saturated carbocycles. The lowest BCUT2D eigenvalue weighted by atomic mass is 10.1. The molecule has 2 aromatic heterocycles. The van der Waals surface area contributed by atoms with Gasteiger partial charge in [-0.1, -0.05) is 6.92 Å². The number of nitrogens with one attached hydrogen (secondary N) is 1. The molecule has 0 aliphatic heterocycles. The summed E-state index contributed by atoms with van der Waals surface area (Å²) in [5.74, 6) is -1.24. The van der Waals surface area contributed by atoms with Crippen molar-refractivity contribution >= 4 is 23.3 Å². The van der Waals surface area contributed by atoms with Crippen LogP contribution in [0.1, 0.15) is 35.7 Å². The van der Waals surface area contributed by atoms with E-state index < -0.39 is 16.8 Å². The first-order valence-corrected chi connectivity index (χ1v) is 9.79. The maximum atomic E-state index is 12.3. The summed E-state index contributed by atoms with van der Waals surface area (Å²) in [5.41, 5.74) is 3.66. The van der Waals surface area contributed by atoms with Gasteiger partial charge in [0.1, 0.15) is 30.5 Å². The van der Waals surface area contributed by atoms with Crippen molar-refractivity contribution in [1.82, 2.24) is 15.2 Å². The molecule has 2 heterocycles. The smallest absolute Gasteiger partial charge is 0.371 e. The Balaban J connectivity index is 1.51. The number of ether oxygens (including phenoxy) is 1. The molecule has 0 radical (unpaired) electrons. The molecule has 0 spiro atoms. The van der Waals surface area contributed by atoms with E-state index in [0.717, 1.165) is 11.8 Å². The van der Waals surface area contributed by atoms with E-state index in [9.17, 15) is 19.7 Å². The van der Waals surface area contributed by atoms with Gasteiger partial charge in [-0.3, -0.25) is 19.6 Å². The van der Waals surface area contributed by atoms with E-state index >= 15 is 0 Å². The monoisotopic (exact) mass is 455 g/mol. The number of carboxylic acids is 1. The van der Waals surface area contributed by atoms with Gasteiger partial charge in [0.05, 0.1) is 23.1 Å². The molecule has 3 rings (SSSR count). The molecule has 0 saturated heterocycles. The Labute approximate surface area is 187 Å². The summed E-state index contributed by atoms with van der Waals surface area (Å²) >= 11 is 0. The molecule has 1 aromatic carbocycles. The van der Waals surface area contributed by atoms with E-state index in [1.807, 2.05) is 0 Å². The second-order valence-corrected chi connectivity index (χ2v) is 7.14. The highest BCUT2D eigenvalue weighted by Gasteiger charge is 2.16. The van der Waals surface area contributed by atoms with Crippen LogP contribution in [0.5, 0.6) is 5.75 Å². The van der Waals surface area contributed by atoms with Crippen LogP contribution < -0.4 is 10.2 Å². The summed E-state index contributed by atoms with van der Waals surface area (Å²) in [6.45, 7) is 3.64. The largest absolute Gasteiger partial charge is 0.486 e. The highest BCUT2D eigenvalue weighted by atomic mass is 16.6. The molecule has 12 nitrogen and oxygen atoms in total. The van der Waals surface area contributed by atoms with Crippen molar-refractivity contribution in [2.24, 2.45) is 11.0 Å². The summed E-state index contributed by atoms with van der Waals surface area (Å²) < 4.78 is 12.0. The van der Waals surface area contributed by atoms with E-state index in [2.05, 4.69) is 15.6 Å². The highest BCUT2D eigenvalue weighted by molar-refractivity contribution is 5.99. The van der Waals surface area contributed by atoms with Crippen molar-refractivity contribution in [1.29, 1.82) is 0 Å². The average molecular weight is 455 g/mol. The first kappa shape index (κ1) is 23.2. The lowest BCUT2D eigenvalue weighted by Crippen LogP contribution is -2.29. The van der Waals surface area contributed by atoms with Gasteiger partial charge in [-0.25, -0.2) is 10.2 Å². The molecule has 172 valence electrons. The SMILES string of the molecule is C/C(=N\NC(=O)[C@H](C)Cn1cc([N+](=O)[O-])cn1)c1ccc(OCc2ccc(C(=O)O)o2)cc1. The van der Waals surface area contributed by atoms with E-state index in [1.165, 1.54) is 23.0 Å². The lowest BCUT2D eigenvalue weighted by Gasteiger charge is -2.10. The van der Waals surface area contributed by atoms with Gasteiger partial charge < -0.3 is 14.3 Å². The van der Waals surface area contributed by atoms with Crippen molar-refractivity contribution < 1.29 is 28.8 Å². The second kappa shape index (κ2) is 10.2. The van der Waals surface area contributed by atoms with Crippen LogP contribution in [-0.2, 0) is 17.9 Å². The number of furan rings is 1. The first-order valence-electron chi connectivity index (χ1n) is 9.79. The maximum Gasteiger partial charge on any atom is 0.371 e. The number of rotatable bonds is 10. The molecule has 0 bridgehead atoms. The van der Waals surface area contributed by atoms with Gasteiger partial charge >= 0.3 is 11.7 Å². The minimum atomic E-state index is -1.15. The summed E-state index contributed by atoms with van der Waals surface area (Å²) in [6.07, 6.45) is 2.39. The fraction of sp³-hybridized carbons (Fsp3) is 0.238. The van der Waals surface area contributed by atoms with Crippen molar-refractivity contribution in [2.45, 2.75) is 27.0 Å². The van der Waals surface area contributed by atoms with E-state index in [0.29, 0.717) is 17.2 Å². The van der Waals surface area contributed by atoms with Crippen molar-refractivity contribution in [3.05, 3.63) is 76.0 Å². The minimum Gasteiger partial charge on any atom is -0.486 e. The lowest BCUT2D eigenvalue weighted by molar-refractivity contribution is -0.385. The van der Waals surface area contributed by atoms with Crippen LogP contribution in [0.3, 0.4) is 0 Å². The van der Waals surface area contributed by atoms with Crippen molar-refractivity contribution in [3.8, 4) is 5.75 Å². The fourth-order valence-electron chi connectivity index (χ4n) is 2.74. The zero-order valence-electron chi connectivity index (χ0n) is 17.8. The van der Waals surface area contributed by atoms with E-state index in [4.69, 9.17) is 14.3 Å². The molecule has 33 heavy (non-hydrogen) atoms. The number of amides is 1. The molecule has 0 aliphatic rings. The molecule has 12 heteroatoms. The Morgan fingerprint density at radius 1 is 1.30 bits per heavy atom. The van der Waals surface area contributed by atoms with Gasteiger partial charge in [0, 0.05) is 0 Å². The highest BCUT2D eigenvalue weighted by Crippen LogP contribution is 2.16. The van der Waals surface area contributed by atoms with Crippen LogP contribution in [0.4, 0.5) is 5.69 Å². The Hall–Kier alpha value is -4.48. The second-order valence-electron chi connectivity index (χ2n) is 7.14. The number of benzene rings is 1. The third kappa shape index (κ3) is 6.26. The number of hydrogen-bond donors (Lipinski definition) is 2. The van der Waals surface area contributed by atoms with E-state index in [1.54, 1.807) is 38.1 Å². The summed E-state index contributed by atoms with van der Waals surface area (Å²) in [6, 6.07) is 9.84. The predicted molar refractivity (Wildman–Crippen MR) is 115 cm³/mol. The Morgan fingerprint density at radius 2 is 2.03 bits per heavy atom. The summed E-state index contributed by atoms with van der Waals surface area (Å²) in [7, 11) is 0. The van der Waals surface area contributed by atoms with Gasteiger partial charge in [0.25, 0.3) is 0 Å². The number of hydrazone groups is 1. The zero-order valence-corrected chi connectivity index (χ0v) is 17.8.